The normalized spacial score (nSPS) is 12.3. The van der Waals surface area contributed by atoms with E-state index in [9.17, 15) is 22.8 Å². The fourth-order valence-corrected chi connectivity index (χ4v) is 3.29. The second-order valence-corrected chi connectivity index (χ2v) is 8.23. The lowest BCUT2D eigenvalue weighted by Crippen LogP contribution is -2.37. The molecule has 0 aromatic heterocycles. The van der Waals surface area contributed by atoms with Crippen LogP contribution in [0.2, 0.25) is 0 Å². The minimum atomic E-state index is -3.65. The fourth-order valence-electron chi connectivity index (χ4n) is 2.03. The molecule has 0 saturated heterocycles. The highest BCUT2D eigenvalue weighted by molar-refractivity contribution is 7.89. The Morgan fingerprint density at radius 2 is 1.68 bits per heavy atom. The highest BCUT2D eigenvalue weighted by Gasteiger charge is 2.16. The monoisotopic (exact) mass is 413 g/mol. The van der Waals surface area contributed by atoms with E-state index in [0.29, 0.717) is 0 Å². The van der Waals surface area contributed by atoms with Crippen LogP contribution in [0.1, 0.15) is 44.5 Å². The molecule has 0 heterocycles. The molecule has 0 unspecified atom stereocenters. The third kappa shape index (κ3) is 8.05. The summed E-state index contributed by atoms with van der Waals surface area (Å²) in [5, 5.41) is 5.00. The van der Waals surface area contributed by atoms with Crippen molar-refractivity contribution >= 4 is 27.8 Å². The molecule has 0 radical (unpaired) electrons. The molecule has 2 amide bonds. The SMILES string of the molecule is CC[C@H](C)NC(=O)COC(=O)CNC(=O)c1ccc(S(=O)(=O)NC(C)C)cc1. The van der Waals surface area contributed by atoms with Crippen LogP contribution in [0.25, 0.3) is 0 Å². The minimum Gasteiger partial charge on any atom is -0.454 e. The maximum Gasteiger partial charge on any atom is 0.325 e. The summed E-state index contributed by atoms with van der Waals surface area (Å²) in [6, 6.07) is 5.01. The van der Waals surface area contributed by atoms with Crippen molar-refractivity contribution in [2.75, 3.05) is 13.2 Å². The van der Waals surface area contributed by atoms with Crippen LogP contribution in [0, 0.1) is 0 Å². The van der Waals surface area contributed by atoms with Crippen LogP contribution in [0.5, 0.6) is 0 Å². The summed E-state index contributed by atoms with van der Waals surface area (Å²) in [7, 11) is -3.65. The van der Waals surface area contributed by atoms with Crippen LogP contribution in [0.3, 0.4) is 0 Å². The maximum atomic E-state index is 12.0. The number of hydrogen-bond acceptors (Lipinski definition) is 6. The molecule has 0 aliphatic rings. The molecule has 0 aliphatic carbocycles. The molecule has 3 N–H and O–H groups in total. The Kier molecular flexibility index (Phi) is 9.07. The first-order valence-corrected chi connectivity index (χ1v) is 10.4. The van der Waals surface area contributed by atoms with Gasteiger partial charge in [0.05, 0.1) is 4.90 Å². The van der Waals surface area contributed by atoms with Crippen molar-refractivity contribution in [3.63, 3.8) is 0 Å². The Morgan fingerprint density at radius 1 is 1.07 bits per heavy atom. The largest absolute Gasteiger partial charge is 0.454 e. The number of ether oxygens (including phenoxy) is 1. The molecule has 156 valence electrons. The Labute approximate surface area is 165 Å². The fraction of sp³-hybridized carbons (Fsp3) is 0.500. The van der Waals surface area contributed by atoms with Gasteiger partial charge in [0, 0.05) is 17.6 Å². The first-order chi connectivity index (χ1) is 13.0. The van der Waals surface area contributed by atoms with Gasteiger partial charge in [-0.25, -0.2) is 13.1 Å². The third-order valence-electron chi connectivity index (χ3n) is 3.59. The van der Waals surface area contributed by atoms with E-state index >= 15 is 0 Å². The van der Waals surface area contributed by atoms with Gasteiger partial charge in [-0.1, -0.05) is 6.92 Å². The average Bonchev–Trinajstić information content (AvgIpc) is 2.63. The van der Waals surface area contributed by atoms with Gasteiger partial charge in [-0.05, 0) is 51.5 Å². The third-order valence-corrected chi connectivity index (χ3v) is 5.27. The van der Waals surface area contributed by atoms with Gasteiger partial charge in [0.25, 0.3) is 11.8 Å². The first kappa shape index (κ1) is 23.6. The van der Waals surface area contributed by atoms with E-state index in [4.69, 9.17) is 4.74 Å². The number of sulfonamides is 1. The molecule has 1 aromatic carbocycles. The molecular weight excluding hydrogens is 386 g/mol. The van der Waals surface area contributed by atoms with Crippen LogP contribution in [-0.2, 0) is 24.3 Å². The zero-order chi connectivity index (χ0) is 21.3. The van der Waals surface area contributed by atoms with Crippen molar-refractivity contribution < 1.29 is 27.5 Å². The van der Waals surface area contributed by atoms with E-state index < -0.39 is 41.0 Å². The van der Waals surface area contributed by atoms with Crippen molar-refractivity contribution in [1.82, 2.24) is 15.4 Å². The van der Waals surface area contributed by atoms with Crippen LogP contribution >= 0.6 is 0 Å². The highest BCUT2D eigenvalue weighted by Crippen LogP contribution is 2.11. The summed E-state index contributed by atoms with van der Waals surface area (Å²) in [6.07, 6.45) is 0.753. The van der Waals surface area contributed by atoms with Gasteiger partial charge >= 0.3 is 5.97 Å². The van der Waals surface area contributed by atoms with E-state index in [2.05, 4.69) is 15.4 Å². The average molecular weight is 413 g/mol. The summed E-state index contributed by atoms with van der Waals surface area (Å²) >= 11 is 0. The lowest BCUT2D eigenvalue weighted by atomic mass is 10.2. The first-order valence-electron chi connectivity index (χ1n) is 8.90. The zero-order valence-electron chi connectivity index (χ0n) is 16.4. The molecule has 0 bridgehead atoms. The maximum absolute atomic E-state index is 12.0. The summed E-state index contributed by atoms with van der Waals surface area (Å²) in [6.45, 7) is 6.31. The lowest BCUT2D eigenvalue weighted by molar-refractivity contribution is -0.147. The van der Waals surface area contributed by atoms with Gasteiger partial charge in [0.2, 0.25) is 10.0 Å². The predicted octanol–water partition coefficient (Wildman–Crippen LogP) is 0.561. The quantitative estimate of drug-likeness (QED) is 0.481. The number of rotatable bonds is 10. The van der Waals surface area contributed by atoms with E-state index in [1.165, 1.54) is 24.3 Å². The van der Waals surface area contributed by atoms with Gasteiger partial charge in [-0.2, -0.15) is 0 Å². The van der Waals surface area contributed by atoms with Crippen molar-refractivity contribution in [3.8, 4) is 0 Å². The van der Waals surface area contributed by atoms with Gasteiger partial charge in [-0.3, -0.25) is 14.4 Å². The number of carbonyl (C=O) groups excluding carboxylic acids is 3. The van der Waals surface area contributed by atoms with Crippen molar-refractivity contribution in [1.29, 1.82) is 0 Å². The summed E-state index contributed by atoms with van der Waals surface area (Å²) in [5.41, 5.74) is 0.186. The van der Waals surface area contributed by atoms with Crippen molar-refractivity contribution in [3.05, 3.63) is 29.8 Å². The minimum absolute atomic E-state index is 0.0200. The van der Waals surface area contributed by atoms with Gasteiger partial charge in [0.1, 0.15) is 6.54 Å². The second-order valence-electron chi connectivity index (χ2n) is 6.52. The smallest absolute Gasteiger partial charge is 0.325 e. The molecule has 0 fully saturated rings. The van der Waals surface area contributed by atoms with Crippen LogP contribution in [0.15, 0.2) is 29.2 Å². The number of hydrogen-bond donors (Lipinski definition) is 3. The van der Waals surface area contributed by atoms with Gasteiger partial charge < -0.3 is 15.4 Å². The molecule has 0 saturated carbocycles. The number of amides is 2. The number of nitrogens with one attached hydrogen (secondary N) is 3. The van der Waals surface area contributed by atoms with E-state index in [-0.39, 0.29) is 22.5 Å². The molecule has 28 heavy (non-hydrogen) atoms. The molecule has 0 spiro atoms. The summed E-state index contributed by atoms with van der Waals surface area (Å²) < 4.78 is 31.3. The molecular formula is C18H27N3O6S. The Hall–Kier alpha value is -2.46. The summed E-state index contributed by atoms with van der Waals surface area (Å²) in [5.74, 6) is -1.74. The van der Waals surface area contributed by atoms with Crippen LogP contribution < -0.4 is 15.4 Å². The Bertz CT molecular complexity index is 790. The highest BCUT2D eigenvalue weighted by atomic mass is 32.2. The van der Waals surface area contributed by atoms with E-state index in [1.54, 1.807) is 13.8 Å². The van der Waals surface area contributed by atoms with Gasteiger partial charge in [-0.15, -0.1) is 0 Å². The molecule has 0 aliphatic heterocycles. The Balaban J connectivity index is 2.51. The lowest BCUT2D eigenvalue weighted by Gasteiger charge is -2.12. The predicted molar refractivity (Wildman–Crippen MR) is 103 cm³/mol. The number of carbonyl (C=O) groups is 3. The standard InChI is InChI=1S/C18H27N3O6S/c1-5-13(4)20-16(22)11-27-17(23)10-19-18(24)14-6-8-15(9-7-14)28(25,26)21-12(2)3/h6-9,12-13,21H,5,10-11H2,1-4H3,(H,19,24)(H,20,22)/t13-/m0/s1. The van der Waals surface area contributed by atoms with E-state index in [1.807, 2.05) is 13.8 Å². The molecule has 1 atom stereocenters. The van der Waals surface area contributed by atoms with Crippen LogP contribution in [-0.4, -0.2) is 51.4 Å². The topological polar surface area (TPSA) is 131 Å². The van der Waals surface area contributed by atoms with Crippen molar-refractivity contribution in [2.45, 2.75) is 51.1 Å². The van der Waals surface area contributed by atoms with E-state index in [0.717, 1.165) is 6.42 Å². The molecule has 10 heteroatoms. The second kappa shape index (κ2) is 10.8. The van der Waals surface area contributed by atoms with Crippen LogP contribution in [0.4, 0.5) is 0 Å². The van der Waals surface area contributed by atoms with Gasteiger partial charge in [0.15, 0.2) is 6.61 Å². The Morgan fingerprint density at radius 3 is 2.21 bits per heavy atom. The molecule has 9 nitrogen and oxygen atoms in total. The van der Waals surface area contributed by atoms with Crippen molar-refractivity contribution in [2.24, 2.45) is 0 Å². The zero-order valence-corrected chi connectivity index (χ0v) is 17.3. The molecule has 1 rings (SSSR count). The number of esters is 1. The number of benzene rings is 1. The summed E-state index contributed by atoms with van der Waals surface area (Å²) in [4.78, 5) is 35.2. The molecule has 1 aromatic rings.